The molecule has 29 heavy (non-hydrogen) atoms. The molecule has 150 valence electrons. The van der Waals surface area contributed by atoms with Crippen LogP contribution in [-0.4, -0.2) is 28.7 Å². The molecule has 0 N–H and O–H groups in total. The lowest BCUT2D eigenvalue weighted by Gasteiger charge is -2.28. The van der Waals surface area contributed by atoms with E-state index in [0.717, 1.165) is 16.9 Å². The normalized spacial score (nSPS) is 17.9. The number of para-hydroxylation sites is 1. The van der Waals surface area contributed by atoms with Gasteiger partial charge in [0.25, 0.3) is 5.56 Å². The monoisotopic (exact) mass is 388 g/mol. The molecule has 1 aliphatic rings. The fraction of sp³-hybridized carbons (Fsp3) is 0.333. The average molecular weight is 389 g/mol. The van der Waals surface area contributed by atoms with Crippen LogP contribution in [0.15, 0.2) is 58.3 Å². The second-order valence-electron chi connectivity index (χ2n) is 8.45. The Balaban J connectivity index is 1.74. The summed E-state index contributed by atoms with van der Waals surface area (Å²) in [6, 6.07) is 16.5. The molecule has 1 atom stereocenters. The van der Waals surface area contributed by atoms with Crippen LogP contribution in [0.25, 0.3) is 5.69 Å². The lowest BCUT2D eigenvalue weighted by Crippen LogP contribution is -2.36. The number of rotatable bonds is 3. The van der Waals surface area contributed by atoms with Crippen molar-refractivity contribution in [1.82, 2.24) is 9.36 Å². The Bertz CT molecular complexity index is 1150. The molecule has 3 aromatic rings. The molecule has 0 radical (unpaired) electrons. The zero-order valence-corrected chi connectivity index (χ0v) is 18.0. The van der Waals surface area contributed by atoms with E-state index in [1.54, 1.807) is 10.9 Å². The van der Waals surface area contributed by atoms with Crippen LogP contribution < -0.4 is 10.5 Å². The second kappa shape index (κ2) is 6.76. The third-order valence-electron chi connectivity index (χ3n) is 6.59. The van der Waals surface area contributed by atoms with Crippen LogP contribution in [0.1, 0.15) is 37.6 Å². The van der Waals surface area contributed by atoms with Crippen molar-refractivity contribution in [1.29, 1.82) is 0 Å². The molecule has 4 rings (SSSR count). The lowest BCUT2D eigenvalue weighted by atomic mass is 9.81. The van der Waals surface area contributed by atoms with Crippen LogP contribution in [0, 0.1) is 6.92 Å². The predicted octanol–water partition coefficient (Wildman–Crippen LogP) is 4.35. The Morgan fingerprint density at radius 3 is 2.45 bits per heavy atom. The summed E-state index contributed by atoms with van der Waals surface area (Å²) >= 11 is 0. The molecule has 0 unspecified atom stereocenters. The number of anilines is 1. The van der Waals surface area contributed by atoms with Crippen LogP contribution in [0.2, 0.25) is 0 Å². The average Bonchev–Trinajstić information content (AvgIpc) is 3.03. The van der Waals surface area contributed by atoms with Crippen molar-refractivity contribution in [3.05, 3.63) is 75.7 Å². The maximum Gasteiger partial charge on any atom is 0.297 e. The molecule has 1 aliphatic heterocycles. The molecular formula is C24H28N4O. The van der Waals surface area contributed by atoms with Crippen molar-refractivity contribution in [2.45, 2.75) is 39.2 Å². The summed E-state index contributed by atoms with van der Waals surface area (Å²) in [4.78, 5) is 20.0. The number of likely N-dealkylation sites (N-methyl/N-ethyl adjacent to an activating group) is 1. The molecule has 0 saturated heterocycles. The van der Waals surface area contributed by atoms with E-state index >= 15 is 0 Å². The summed E-state index contributed by atoms with van der Waals surface area (Å²) in [6.45, 7) is 8.74. The minimum atomic E-state index is -0.109. The highest BCUT2D eigenvalue weighted by atomic mass is 16.1. The van der Waals surface area contributed by atoms with E-state index in [-0.39, 0.29) is 11.0 Å². The number of nitrogens with zero attached hydrogens (tertiary/aromatic N) is 4. The standard InChI is InChI=1S/C24H28N4O/c1-16-22(23(29)28(27(16)6)19-10-8-7-9-11-19)25-15-18-12-13-21-20(14-18)24(3,4)17(2)26(21)5/h7-15,17H,1-6H3/t17-/m1/s1. The first-order chi connectivity index (χ1) is 13.7. The van der Waals surface area contributed by atoms with E-state index in [9.17, 15) is 4.79 Å². The summed E-state index contributed by atoms with van der Waals surface area (Å²) < 4.78 is 3.51. The summed E-state index contributed by atoms with van der Waals surface area (Å²) in [5.74, 6) is 0. The van der Waals surface area contributed by atoms with Gasteiger partial charge in [-0.1, -0.05) is 38.1 Å². The Morgan fingerprint density at radius 1 is 1.07 bits per heavy atom. The first-order valence-corrected chi connectivity index (χ1v) is 9.99. The van der Waals surface area contributed by atoms with Gasteiger partial charge in [-0.3, -0.25) is 9.48 Å². The second-order valence-corrected chi connectivity index (χ2v) is 8.45. The van der Waals surface area contributed by atoms with Gasteiger partial charge in [0.1, 0.15) is 0 Å². The minimum absolute atomic E-state index is 0.0661. The number of aromatic nitrogens is 2. The third kappa shape index (κ3) is 2.92. The molecule has 0 fully saturated rings. The summed E-state index contributed by atoms with van der Waals surface area (Å²) in [6.07, 6.45) is 1.80. The van der Waals surface area contributed by atoms with Gasteiger partial charge in [0.2, 0.25) is 0 Å². The smallest absolute Gasteiger partial charge is 0.297 e. The summed E-state index contributed by atoms with van der Waals surface area (Å²) in [5.41, 5.74) is 5.70. The highest BCUT2D eigenvalue weighted by molar-refractivity contribution is 5.84. The number of hydrogen-bond donors (Lipinski definition) is 0. The number of aliphatic imine (C=N–C) groups is 1. The van der Waals surface area contributed by atoms with E-state index in [1.807, 2.05) is 49.0 Å². The van der Waals surface area contributed by atoms with Crippen molar-refractivity contribution in [2.75, 3.05) is 11.9 Å². The van der Waals surface area contributed by atoms with Crippen molar-refractivity contribution >= 4 is 17.6 Å². The van der Waals surface area contributed by atoms with Gasteiger partial charge in [0.15, 0.2) is 5.69 Å². The molecule has 0 bridgehead atoms. The molecular weight excluding hydrogens is 360 g/mol. The van der Waals surface area contributed by atoms with Crippen LogP contribution in [-0.2, 0) is 12.5 Å². The highest BCUT2D eigenvalue weighted by Crippen LogP contribution is 2.44. The zero-order valence-electron chi connectivity index (χ0n) is 18.0. The van der Waals surface area contributed by atoms with Gasteiger partial charge in [-0.15, -0.1) is 0 Å². The Labute approximate surface area is 171 Å². The van der Waals surface area contributed by atoms with Crippen LogP contribution >= 0.6 is 0 Å². The quantitative estimate of drug-likeness (QED) is 0.626. The molecule has 2 aromatic carbocycles. The maximum absolute atomic E-state index is 13.0. The number of hydrogen-bond acceptors (Lipinski definition) is 3. The lowest BCUT2D eigenvalue weighted by molar-refractivity contribution is 0.454. The van der Waals surface area contributed by atoms with E-state index in [0.29, 0.717) is 11.7 Å². The number of fused-ring (bicyclic) bond motifs is 1. The van der Waals surface area contributed by atoms with Crippen LogP contribution in [0.3, 0.4) is 0 Å². The first kappa shape index (κ1) is 19.2. The third-order valence-corrected chi connectivity index (χ3v) is 6.59. The van der Waals surface area contributed by atoms with Crippen molar-refractivity contribution < 1.29 is 0 Å². The Hall–Kier alpha value is -3.08. The zero-order chi connectivity index (χ0) is 20.9. The van der Waals surface area contributed by atoms with Gasteiger partial charge < -0.3 is 4.90 Å². The predicted molar refractivity (Wildman–Crippen MR) is 120 cm³/mol. The summed E-state index contributed by atoms with van der Waals surface area (Å²) in [5, 5.41) is 0. The van der Waals surface area contributed by atoms with Gasteiger partial charge in [0, 0.05) is 37.5 Å². The SMILES string of the molecule is Cc1c(N=Cc2ccc3c(c2)C(C)(C)[C@@H](C)N3C)c(=O)n(-c2ccccc2)n1C. The van der Waals surface area contributed by atoms with Gasteiger partial charge in [-0.05, 0) is 49.2 Å². The van der Waals surface area contributed by atoms with Gasteiger partial charge in [-0.2, -0.15) is 0 Å². The number of benzene rings is 2. The van der Waals surface area contributed by atoms with Crippen molar-refractivity contribution in [2.24, 2.45) is 12.0 Å². The van der Waals surface area contributed by atoms with Crippen LogP contribution in [0.4, 0.5) is 11.4 Å². The molecule has 5 nitrogen and oxygen atoms in total. The Kier molecular flexibility index (Phi) is 4.49. The van der Waals surface area contributed by atoms with Gasteiger partial charge in [0.05, 0.1) is 11.4 Å². The fourth-order valence-electron chi connectivity index (χ4n) is 4.22. The summed E-state index contributed by atoms with van der Waals surface area (Å²) in [7, 11) is 4.03. The topological polar surface area (TPSA) is 42.5 Å². The largest absolute Gasteiger partial charge is 0.371 e. The van der Waals surface area contributed by atoms with E-state index in [2.05, 4.69) is 55.9 Å². The van der Waals surface area contributed by atoms with Gasteiger partial charge >= 0.3 is 0 Å². The molecule has 0 amide bonds. The molecule has 5 heteroatoms. The molecule has 0 aliphatic carbocycles. The highest BCUT2D eigenvalue weighted by Gasteiger charge is 2.40. The Morgan fingerprint density at radius 2 is 1.76 bits per heavy atom. The van der Waals surface area contributed by atoms with Crippen LogP contribution in [0.5, 0.6) is 0 Å². The van der Waals surface area contributed by atoms with E-state index < -0.39 is 0 Å². The van der Waals surface area contributed by atoms with E-state index in [4.69, 9.17) is 0 Å². The van der Waals surface area contributed by atoms with Gasteiger partial charge in [-0.25, -0.2) is 9.67 Å². The molecule has 0 spiro atoms. The minimum Gasteiger partial charge on any atom is -0.371 e. The maximum atomic E-state index is 13.0. The van der Waals surface area contributed by atoms with E-state index in [1.165, 1.54) is 11.3 Å². The molecule has 0 saturated carbocycles. The fourth-order valence-corrected chi connectivity index (χ4v) is 4.22. The molecule has 2 heterocycles. The first-order valence-electron chi connectivity index (χ1n) is 9.99. The van der Waals surface area contributed by atoms with Crippen molar-refractivity contribution in [3.63, 3.8) is 0 Å². The van der Waals surface area contributed by atoms with Crippen molar-refractivity contribution in [3.8, 4) is 5.69 Å². The molecule has 1 aromatic heterocycles.